The van der Waals surface area contributed by atoms with Crippen molar-refractivity contribution in [1.29, 1.82) is 0 Å². The Bertz CT molecular complexity index is 1280. The fourth-order valence-corrected chi connectivity index (χ4v) is 4.25. The molecule has 0 saturated carbocycles. The number of nitrogens with zero attached hydrogens (tertiary/aromatic N) is 2. The number of carbonyl (C=O) groups excluding carboxylic acids is 1. The summed E-state index contributed by atoms with van der Waals surface area (Å²) in [5, 5.41) is 3.56. The summed E-state index contributed by atoms with van der Waals surface area (Å²) in [7, 11) is 0. The number of thioether (sulfide) groups is 1. The quantitative estimate of drug-likeness (QED) is 0.278. The number of nitrogens with one attached hydrogen (secondary N) is 1. The summed E-state index contributed by atoms with van der Waals surface area (Å²) in [6, 6.07) is 23.1. The van der Waals surface area contributed by atoms with E-state index in [4.69, 9.17) is 9.72 Å². The number of halogens is 1. The van der Waals surface area contributed by atoms with Gasteiger partial charge in [-0.05, 0) is 48.0 Å². The molecular formula is C25H18FN3O2S. The molecule has 158 valence electrons. The van der Waals surface area contributed by atoms with E-state index in [0.29, 0.717) is 28.7 Å². The van der Waals surface area contributed by atoms with Gasteiger partial charge in [0.15, 0.2) is 5.82 Å². The number of para-hydroxylation sites is 2. The monoisotopic (exact) mass is 443 g/mol. The molecule has 0 atom stereocenters. The molecule has 5 nitrogen and oxygen atoms in total. The van der Waals surface area contributed by atoms with Crippen LogP contribution in [0.15, 0.2) is 83.9 Å². The molecule has 1 aliphatic heterocycles. The Morgan fingerprint density at radius 3 is 2.53 bits per heavy atom. The molecule has 4 aromatic rings. The third-order valence-electron chi connectivity index (χ3n) is 4.98. The lowest BCUT2D eigenvalue weighted by molar-refractivity contribution is -0.113. The van der Waals surface area contributed by atoms with Gasteiger partial charge in [0, 0.05) is 17.7 Å². The zero-order valence-electron chi connectivity index (χ0n) is 16.9. The molecule has 0 radical (unpaired) electrons. The Hall–Kier alpha value is -3.71. The van der Waals surface area contributed by atoms with Gasteiger partial charge >= 0.3 is 0 Å². The summed E-state index contributed by atoms with van der Waals surface area (Å²) < 4.78 is 19.5. The summed E-state index contributed by atoms with van der Waals surface area (Å²) in [6.07, 6.45) is 0.609. The number of anilines is 1. The molecular weight excluding hydrogens is 425 g/mol. The Labute approximate surface area is 188 Å². The van der Waals surface area contributed by atoms with Crippen molar-refractivity contribution >= 4 is 23.4 Å². The minimum absolute atomic E-state index is 0.131. The molecule has 0 fully saturated rings. The second kappa shape index (κ2) is 8.80. The van der Waals surface area contributed by atoms with Crippen LogP contribution in [0.1, 0.15) is 11.1 Å². The predicted molar refractivity (Wildman–Crippen MR) is 123 cm³/mol. The van der Waals surface area contributed by atoms with Gasteiger partial charge in [-0.1, -0.05) is 48.2 Å². The fraction of sp³-hybridized carbons (Fsp3) is 0.0800. The molecule has 0 bridgehead atoms. The largest absolute Gasteiger partial charge is 0.438 e. The van der Waals surface area contributed by atoms with Crippen molar-refractivity contribution in [2.45, 2.75) is 11.4 Å². The zero-order chi connectivity index (χ0) is 21.9. The Balaban J connectivity index is 1.45. The van der Waals surface area contributed by atoms with Crippen molar-refractivity contribution in [2.24, 2.45) is 0 Å². The van der Waals surface area contributed by atoms with Crippen molar-refractivity contribution in [3.63, 3.8) is 0 Å². The molecule has 32 heavy (non-hydrogen) atoms. The number of aromatic nitrogens is 2. The summed E-state index contributed by atoms with van der Waals surface area (Å²) in [5.74, 6) is 1.36. The number of hydrogen-bond donors (Lipinski definition) is 1. The van der Waals surface area contributed by atoms with Crippen LogP contribution in [0.4, 0.5) is 10.1 Å². The molecule has 1 aliphatic rings. The van der Waals surface area contributed by atoms with Crippen LogP contribution in [0.3, 0.4) is 0 Å². The van der Waals surface area contributed by atoms with E-state index in [1.165, 1.54) is 23.9 Å². The van der Waals surface area contributed by atoms with Gasteiger partial charge in [0.05, 0.1) is 11.3 Å². The lowest BCUT2D eigenvalue weighted by Crippen LogP contribution is -2.15. The van der Waals surface area contributed by atoms with E-state index in [1.54, 1.807) is 12.1 Å². The van der Waals surface area contributed by atoms with E-state index < -0.39 is 0 Å². The highest BCUT2D eigenvalue weighted by Gasteiger charge is 2.24. The van der Waals surface area contributed by atoms with Gasteiger partial charge in [0.1, 0.15) is 16.6 Å². The average molecular weight is 444 g/mol. The van der Waals surface area contributed by atoms with Crippen LogP contribution in [0.2, 0.25) is 0 Å². The van der Waals surface area contributed by atoms with Gasteiger partial charge in [-0.25, -0.2) is 9.37 Å². The van der Waals surface area contributed by atoms with Gasteiger partial charge in [0.2, 0.25) is 11.8 Å². The number of ether oxygens (including phenoxy) is 1. The van der Waals surface area contributed by atoms with E-state index in [0.717, 1.165) is 22.6 Å². The van der Waals surface area contributed by atoms with E-state index in [1.807, 2.05) is 54.6 Å². The van der Waals surface area contributed by atoms with Crippen molar-refractivity contribution in [3.05, 3.63) is 95.8 Å². The third-order valence-corrected chi connectivity index (χ3v) is 6.00. The highest BCUT2D eigenvalue weighted by molar-refractivity contribution is 8.00. The summed E-state index contributed by atoms with van der Waals surface area (Å²) >= 11 is 1.33. The van der Waals surface area contributed by atoms with Crippen molar-refractivity contribution < 1.29 is 13.9 Å². The maximum Gasteiger partial charge on any atom is 0.234 e. The molecule has 0 saturated heterocycles. The molecule has 5 rings (SSSR count). The molecule has 1 amide bonds. The third kappa shape index (κ3) is 4.33. The van der Waals surface area contributed by atoms with Crippen LogP contribution in [0.25, 0.3) is 11.4 Å². The van der Waals surface area contributed by atoms with Crippen LogP contribution in [0.5, 0.6) is 11.6 Å². The zero-order valence-corrected chi connectivity index (χ0v) is 17.7. The lowest BCUT2D eigenvalue weighted by Gasteiger charge is -2.21. The van der Waals surface area contributed by atoms with Crippen molar-refractivity contribution in [2.75, 3.05) is 11.1 Å². The molecule has 2 heterocycles. The maximum absolute atomic E-state index is 13.4. The number of carbonyl (C=O) groups is 1. The van der Waals surface area contributed by atoms with Gasteiger partial charge in [-0.2, -0.15) is 4.98 Å². The van der Waals surface area contributed by atoms with Crippen LogP contribution in [0, 0.1) is 5.82 Å². The summed E-state index contributed by atoms with van der Waals surface area (Å²) in [5.41, 5.74) is 3.29. The van der Waals surface area contributed by atoms with E-state index in [-0.39, 0.29) is 17.5 Å². The van der Waals surface area contributed by atoms with Gasteiger partial charge in [-0.15, -0.1) is 0 Å². The minimum Gasteiger partial charge on any atom is -0.438 e. The topological polar surface area (TPSA) is 64.1 Å². The van der Waals surface area contributed by atoms with Gasteiger partial charge in [-0.3, -0.25) is 4.79 Å². The Morgan fingerprint density at radius 1 is 0.969 bits per heavy atom. The first-order valence-electron chi connectivity index (χ1n) is 10.1. The molecule has 1 aromatic heterocycles. The second-order valence-corrected chi connectivity index (χ2v) is 8.20. The van der Waals surface area contributed by atoms with E-state index in [2.05, 4.69) is 10.3 Å². The molecule has 0 spiro atoms. The number of hydrogen-bond acceptors (Lipinski definition) is 5. The summed E-state index contributed by atoms with van der Waals surface area (Å²) in [6.45, 7) is 0. The lowest BCUT2D eigenvalue weighted by atomic mass is 10.0. The first-order chi connectivity index (χ1) is 15.7. The first kappa shape index (κ1) is 20.2. The standard InChI is InChI=1S/C25H18FN3O2S/c26-18-12-10-16(11-13-18)23-28-24-20(14-17-6-4-5-9-21(17)31-24)25(29-23)32-15-22(30)27-19-7-2-1-3-8-19/h1-13H,14-15H2,(H,27,30). The van der Waals surface area contributed by atoms with Crippen molar-refractivity contribution in [3.8, 4) is 23.0 Å². The fourth-order valence-electron chi connectivity index (χ4n) is 3.42. The molecule has 0 aliphatic carbocycles. The van der Waals surface area contributed by atoms with Gasteiger partial charge < -0.3 is 10.1 Å². The first-order valence-corrected chi connectivity index (χ1v) is 11.0. The number of fused-ring (bicyclic) bond motifs is 2. The highest BCUT2D eigenvalue weighted by atomic mass is 32.2. The minimum atomic E-state index is -0.330. The number of amides is 1. The van der Waals surface area contributed by atoms with Crippen LogP contribution in [-0.2, 0) is 11.2 Å². The molecule has 7 heteroatoms. The van der Waals surface area contributed by atoms with Crippen LogP contribution >= 0.6 is 11.8 Å². The van der Waals surface area contributed by atoms with Crippen LogP contribution in [-0.4, -0.2) is 21.6 Å². The smallest absolute Gasteiger partial charge is 0.234 e. The molecule has 1 N–H and O–H groups in total. The Morgan fingerprint density at radius 2 is 1.72 bits per heavy atom. The van der Waals surface area contributed by atoms with Gasteiger partial charge in [0.25, 0.3) is 0 Å². The summed E-state index contributed by atoms with van der Waals surface area (Å²) in [4.78, 5) is 21.8. The SMILES string of the molecule is O=C(CSc1nc(-c2ccc(F)cc2)nc2c1Cc1ccccc1O2)Nc1ccccc1. The normalized spacial score (nSPS) is 11.8. The van der Waals surface area contributed by atoms with E-state index in [9.17, 15) is 9.18 Å². The highest BCUT2D eigenvalue weighted by Crippen LogP contribution is 2.40. The Kier molecular flexibility index (Phi) is 5.56. The number of rotatable bonds is 5. The molecule has 0 unspecified atom stereocenters. The second-order valence-electron chi connectivity index (χ2n) is 7.23. The predicted octanol–water partition coefficient (Wildman–Crippen LogP) is 5.71. The molecule has 3 aromatic carbocycles. The van der Waals surface area contributed by atoms with Crippen molar-refractivity contribution in [1.82, 2.24) is 9.97 Å². The maximum atomic E-state index is 13.4. The number of benzene rings is 3. The average Bonchev–Trinajstić information content (AvgIpc) is 2.82. The van der Waals surface area contributed by atoms with Crippen LogP contribution < -0.4 is 10.1 Å². The van der Waals surface area contributed by atoms with E-state index >= 15 is 0 Å².